The van der Waals surface area contributed by atoms with Crippen molar-refractivity contribution in [2.24, 2.45) is 0 Å². The highest BCUT2D eigenvalue weighted by molar-refractivity contribution is 5.76. The Balaban J connectivity index is 1.48. The maximum atomic E-state index is 12.9. The zero-order valence-electron chi connectivity index (χ0n) is 18.0. The quantitative estimate of drug-likeness (QED) is 0.565. The molecule has 3 aromatic rings. The molecule has 166 valence electrons. The molecule has 1 amide bonds. The third kappa shape index (κ3) is 4.53. The summed E-state index contributed by atoms with van der Waals surface area (Å²) in [6.07, 6.45) is 3.39. The molecule has 3 heterocycles. The Kier molecular flexibility index (Phi) is 6.29. The van der Waals surface area contributed by atoms with E-state index < -0.39 is 0 Å². The molecule has 0 saturated carbocycles. The highest BCUT2D eigenvalue weighted by Crippen LogP contribution is 2.31. The summed E-state index contributed by atoms with van der Waals surface area (Å²) in [4.78, 5) is 37.5. The normalized spacial score (nSPS) is 13.7. The Hall–Kier alpha value is -3.95. The van der Waals surface area contributed by atoms with Crippen molar-refractivity contribution < 1.29 is 14.3 Å². The van der Waals surface area contributed by atoms with E-state index >= 15 is 0 Å². The van der Waals surface area contributed by atoms with Crippen LogP contribution in [-0.4, -0.2) is 71.0 Å². The van der Waals surface area contributed by atoms with Gasteiger partial charge in [0.25, 0.3) is 5.56 Å². The molecule has 0 N–H and O–H groups in total. The number of hydrogen-bond acceptors (Lipinski definition) is 8. The SMILES string of the molecule is COc1ccc(OC)c(-c2ccc(=O)n(CC(=O)N3CCN(c4ncccn4)CC3)n2)c1. The van der Waals surface area contributed by atoms with Gasteiger partial charge in [0.15, 0.2) is 0 Å². The Labute approximate surface area is 185 Å². The Morgan fingerprint density at radius 2 is 1.75 bits per heavy atom. The first-order valence-corrected chi connectivity index (χ1v) is 10.2. The van der Waals surface area contributed by atoms with E-state index in [0.29, 0.717) is 54.9 Å². The van der Waals surface area contributed by atoms with Crippen LogP contribution in [0.1, 0.15) is 0 Å². The molecule has 10 heteroatoms. The van der Waals surface area contributed by atoms with E-state index in [1.54, 1.807) is 61.8 Å². The van der Waals surface area contributed by atoms with Crippen molar-refractivity contribution >= 4 is 11.9 Å². The summed E-state index contributed by atoms with van der Waals surface area (Å²) in [6, 6.07) is 10.1. The first-order valence-electron chi connectivity index (χ1n) is 10.2. The van der Waals surface area contributed by atoms with E-state index in [9.17, 15) is 9.59 Å². The molecule has 1 saturated heterocycles. The van der Waals surface area contributed by atoms with Crippen LogP contribution in [0, 0.1) is 0 Å². The Morgan fingerprint density at radius 3 is 2.44 bits per heavy atom. The van der Waals surface area contributed by atoms with Gasteiger partial charge in [0, 0.05) is 50.2 Å². The molecule has 10 nitrogen and oxygen atoms in total. The third-order valence-electron chi connectivity index (χ3n) is 5.30. The van der Waals surface area contributed by atoms with Crippen molar-refractivity contribution in [2.75, 3.05) is 45.3 Å². The van der Waals surface area contributed by atoms with Crippen LogP contribution < -0.4 is 19.9 Å². The number of hydrogen-bond donors (Lipinski definition) is 0. The van der Waals surface area contributed by atoms with Gasteiger partial charge in [-0.05, 0) is 30.3 Å². The van der Waals surface area contributed by atoms with Crippen LogP contribution >= 0.6 is 0 Å². The molecule has 0 radical (unpaired) electrons. The molecule has 1 fully saturated rings. The zero-order chi connectivity index (χ0) is 22.5. The van der Waals surface area contributed by atoms with E-state index in [-0.39, 0.29) is 18.0 Å². The summed E-state index contributed by atoms with van der Waals surface area (Å²) in [7, 11) is 3.13. The van der Waals surface area contributed by atoms with Gasteiger partial charge in [0.2, 0.25) is 11.9 Å². The number of benzene rings is 1. The van der Waals surface area contributed by atoms with Crippen LogP contribution in [0.2, 0.25) is 0 Å². The molecular formula is C22H24N6O4. The van der Waals surface area contributed by atoms with E-state index in [1.807, 2.05) is 4.90 Å². The summed E-state index contributed by atoms with van der Waals surface area (Å²) >= 11 is 0. The molecule has 0 atom stereocenters. The lowest BCUT2D eigenvalue weighted by Gasteiger charge is -2.34. The number of amides is 1. The van der Waals surface area contributed by atoms with Crippen LogP contribution in [-0.2, 0) is 11.3 Å². The van der Waals surface area contributed by atoms with Crippen molar-refractivity contribution in [1.82, 2.24) is 24.6 Å². The number of methoxy groups -OCH3 is 2. The fraction of sp³-hybridized carbons (Fsp3) is 0.318. The van der Waals surface area contributed by atoms with E-state index in [4.69, 9.17) is 9.47 Å². The lowest BCUT2D eigenvalue weighted by atomic mass is 10.1. The predicted octanol–water partition coefficient (Wildman–Crippen LogP) is 1.07. The maximum absolute atomic E-state index is 12.9. The summed E-state index contributed by atoms with van der Waals surface area (Å²) < 4.78 is 11.9. The van der Waals surface area contributed by atoms with Crippen molar-refractivity contribution in [3.8, 4) is 22.8 Å². The lowest BCUT2D eigenvalue weighted by molar-refractivity contribution is -0.132. The number of ether oxygens (including phenoxy) is 2. The number of aromatic nitrogens is 4. The number of rotatable bonds is 6. The zero-order valence-corrected chi connectivity index (χ0v) is 18.0. The molecule has 2 aromatic heterocycles. The molecule has 0 aliphatic carbocycles. The van der Waals surface area contributed by atoms with Gasteiger partial charge in [-0.15, -0.1) is 0 Å². The van der Waals surface area contributed by atoms with Crippen LogP contribution in [0.15, 0.2) is 53.6 Å². The first kappa shape index (κ1) is 21.3. The number of carbonyl (C=O) groups is 1. The molecule has 4 rings (SSSR count). The second kappa shape index (κ2) is 9.46. The van der Waals surface area contributed by atoms with Crippen LogP contribution in [0.25, 0.3) is 11.3 Å². The minimum Gasteiger partial charge on any atom is -0.497 e. The van der Waals surface area contributed by atoms with Crippen molar-refractivity contribution in [3.05, 3.63) is 59.1 Å². The molecule has 1 aliphatic rings. The molecule has 1 aromatic carbocycles. The maximum Gasteiger partial charge on any atom is 0.267 e. The van der Waals surface area contributed by atoms with E-state index in [1.165, 1.54) is 10.7 Å². The third-order valence-corrected chi connectivity index (χ3v) is 5.30. The highest BCUT2D eigenvalue weighted by Gasteiger charge is 2.23. The summed E-state index contributed by atoms with van der Waals surface area (Å²) in [6.45, 7) is 2.16. The fourth-order valence-electron chi connectivity index (χ4n) is 3.56. The number of carbonyl (C=O) groups excluding carboxylic acids is 1. The number of piperazine rings is 1. The van der Waals surface area contributed by atoms with Gasteiger partial charge in [0.05, 0.1) is 19.9 Å². The van der Waals surface area contributed by atoms with Crippen LogP contribution in [0.5, 0.6) is 11.5 Å². The number of nitrogens with zero attached hydrogens (tertiary/aromatic N) is 6. The van der Waals surface area contributed by atoms with Gasteiger partial charge >= 0.3 is 0 Å². The van der Waals surface area contributed by atoms with Gasteiger partial charge in [-0.2, -0.15) is 5.10 Å². The van der Waals surface area contributed by atoms with Crippen molar-refractivity contribution in [1.29, 1.82) is 0 Å². The lowest BCUT2D eigenvalue weighted by Crippen LogP contribution is -2.50. The summed E-state index contributed by atoms with van der Waals surface area (Å²) in [5.74, 6) is 1.71. The first-order chi connectivity index (χ1) is 15.6. The Bertz CT molecular complexity index is 1140. The molecule has 1 aliphatic heterocycles. The standard InChI is InChI=1S/C22H24N6O4/c1-31-16-4-6-19(32-2)17(14-16)18-5-7-20(29)28(25-18)15-21(30)26-10-12-27(13-11-26)22-23-8-3-9-24-22/h3-9,14H,10-13,15H2,1-2H3. The molecule has 0 spiro atoms. The fourth-order valence-corrected chi connectivity index (χ4v) is 3.56. The van der Waals surface area contributed by atoms with Crippen molar-refractivity contribution in [3.63, 3.8) is 0 Å². The molecule has 0 unspecified atom stereocenters. The van der Waals surface area contributed by atoms with Crippen molar-refractivity contribution in [2.45, 2.75) is 6.54 Å². The van der Waals surface area contributed by atoms with Crippen LogP contribution in [0.3, 0.4) is 0 Å². The van der Waals surface area contributed by atoms with E-state index in [0.717, 1.165) is 0 Å². The predicted molar refractivity (Wildman–Crippen MR) is 118 cm³/mol. The average molecular weight is 436 g/mol. The molecule has 0 bridgehead atoms. The van der Waals surface area contributed by atoms with Gasteiger partial charge in [-0.25, -0.2) is 14.6 Å². The monoisotopic (exact) mass is 436 g/mol. The Morgan fingerprint density at radius 1 is 1.00 bits per heavy atom. The smallest absolute Gasteiger partial charge is 0.267 e. The second-order valence-corrected chi connectivity index (χ2v) is 7.20. The van der Waals surface area contributed by atoms with E-state index in [2.05, 4.69) is 15.1 Å². The van der Waals surface area contributed by atoms with Gasteiger partial charge in [-0.3, -0.25) is 9.59 Å². The molecule has 32 heavy (non-hydrogen) atoms. The van der Waals surface area contributed by atoms with Gasteiger partial charge in [0.1, 0.15) is 18.0 Å². The highest BCUT2D eigenvalue weighted by atomic mass is 16.5. The largest absolute Gasteiger partial charge is 0.497 e. The minimum atomic E-state index is -0.347. The van der Waals surface area contributed by atoms with Gasteiger partial charge < -0.3 is 19.3 Å². The van der Waals surface area contributed by atoms with Gasteiger partial charge in [-0.1, -0.05) is 0 Å². The second-order valence-electron chi connectivity index (χ2n) is 7.20. The number of anilines is 1. The topological polar surface area (TPSA) is 103 Å². The minimum absolute atomic E-state index is 0.138. The molecular weight excluding hydrogens is 412 g/mol. The summed E-state index contributed by atoms with van der Waals surface area (Å²) in [5.41, 5.74) is 0.837. The summed E-state index contributed by atoms with van der Waals surface area (Å²) in [5, 5.41) is 4.41. The van der Waals surface area contributed by atoms with Crippen LogP contribution in [0.4, 0.5) is 5.95 Å². The average Bonchev–Trinajstić information content (AvgIpc) is 2.85.